The van der Waals surface area contributed by atoms with Gasteiger partial charge in [0.1, 0.15) is 24.2 Å². The van der Waals surface area contributed by atoms with Crippen LogP contribution in [0.1, 0.15) is 24.0 Å². The van der Waals surface area contributed by atoms with Crippen molar-refractivity contribution in [1.82, 2.24) is 24.8 Å². The quantitative estimate of drug-likeness (QED) is 0.683. The second kappa shape index (κ2) is 7.10. The predicted octanol–water partition coefficient (Wildman–Crippen LogP) is 1.92. The summed E-state index contributed by atoms with van der Waals surface area (Å²) in [5.74, 6) is 1.76. The highest BCUT2D eigenvalue weighted by Gasteiger charge is 2.29. The number of carbonyl (C=O) groups excluding carboxylic acids is 1. The van der Waals surface area contributed by atoms with Crippen LogP contribution in [0, 0.1) is 0 Å². The van der Waals surface area contributed by atoms with Crippen molar-refractivity contribution in [3.8, 4) is 5.75 Å². The highest BCUT2D eigenvalue weighted by molar-refractivity contribution is 5.83. The fourth-order valence-electron chi connectivity index (χ4n) is 4.24. The van der Waals surface area contributed by atoms with Crippen LogP contribution in [-0.2, 0) is 17.8 Å². The molecule has 8 nitrogen and oxygen atoms in total. The standard InChI is InChI=1S/C20H22N6O2/c27-13-25-8-6-14-3-1-5-17(16(14)9-25)28-10-15-4-2-7-26(15)20-18-19(22-11-21-18)23-12-24-20/h1,3,5,11-13,15H,2,4,6-10H2,(H,21,22,23,24). The summed E-state index contributed by atoms with van der Waals surface area (Å²) in [6, 6.07) is 6.41. The van der Waals surface area contributed by atoms with Gasteiger partial charge in [0.05, 0.1) is 12.4 Å². The number of anilines is 1. The average Bonchev–Trinajstić information content (AvgIpc) is 3.40. The summed E-state index contributed by atoms with van der Waals surface area (Å²) >= 11 is 0. The number of H-pyrrole nitrogens is 1. The number of aromatic nitrogens is 4. The van der Waals surface area contributed by atoms with E-state index in [-0.39, 0.29) is 6.04 Å². The van der Waals surface area contributed by atoms with Crippen LogP contribution in [0.2, 0.25) is 0 Å². The smallest absolute Gasteiger partial charge is 0.210 e. The summed E-state index contributed by atoms with van der Waals surface area (Å²) < 4.78 is 6.27. The summed E-state index contributed by atoms with van der Waals surface area (Å²) in [6.45, 7) is 2.90. The Morgan fingerprint density at radius 3 is 3.14 bits per heavy atom. The molecule has 1 fully saturated rings. The molecule has 1 unspecified atom stereocenters. The lowest BCUT2D eigenvalue weighted by atomic mass is 9.99. The van der Waals surface area contributed by atoms with Crippen molar-refractivity contribution in [2.24, 2.45) is 0 Å². The van der Waals surface area contributed by atoms with Gasteiger partial charge in [-0.25, -0.2) is 15.0 Å². The summed E-state index contributed by atoms with van der Waals surface area (Å²) in [6.07, 6.45) is 7.16. The van der Waals surface area contributed by atoms with Crippen LogP contribution < -0.4 is 9.64 Å². The highest BCUT2D eigenvalue weighted by Crippen LogP contribution is 2.31. The molecule has 5 rings (SSSR count). The highest BCUT2D eigenvalue weighted by atomic mass is 16.5. The van der Waals surface area contributed by atoms with Crippen LogP contribution in [0.3, 0.4) is 0 Å². The van der Waals surface area contributed by atoms with E-state index in [1.54, 1.807) is 17.6 Å². The van der Waals surface area contributed by atoms with E-state index in [0.29, 0.717) is 18.8 Å². The number of carbonyl (C=O) groups is 1. The molecule has 1 amide bonds. The van der Waals surface area contributed by atoms with Crippen LogP contribution >= 0.6 is 0 Å². The van der Waals surface area contributed by atoms with Crippen LogP contribution in [0.25, 0.3) is 11.2 Å². The molecule has 0 spiro atoms. The van der Waals surface area contributed by atoms with Crippen LogP contribution in [0.5, 0.6) is 5.75 Å². The predicted molar refractivity (Wildman–Crippen MR) is 104 cm³/mol. The summed E-state index contributed by atoms with van der Waals surface area (Å²) in [4.78, 5) is 31.4. The minimum absolute atomic E-state index is 0.239. The largest absolute Gasteiger partial charge is 0.491 e. The van der Waals surface area contributed by atoms with E-state index in [1.165, 1.54) is 5.56 Å². The molecular formula is C20H22N6O2. The number of fused-ring (bicyclic) bond motifs is 2. The number of amides is 1. The van der Waals surface area contributed by atoms with Crippen LogP contribution in [0.4, 0.5) is 5.82 Å². The number of nitrogens with one attached hydrogen (secondary N) is 1. The average molecular weight is 378 g/mol. The zero-order valence-corrected chi connectivity index (χ0v) is 15.5. The number of rotatable bonds is 5. The van der Waals surface area contributed by atoms with Gasteiger partial charge in [0.2, 0.25) is 6.41 Å². The molecule has 1 saturated heterocycles. The van der Waals surface area contributed by atoms with Gasteiger partial charge in [0, 0.05) is 25.2 Å². The maximum absolute atomic E-state index is 11.2. The summed E-state index contributed by atoms with van der Waals surface area (Å²) in [7, 11) is 0. The number of hydrogen-bond donors (Lipinski definition) is 1. The number of hydrogen-bond acceptors (Lipinski definition) is 6. The minimum atomic E-state index is 0.239. The molecule has 1 aromatic carbocycles. The van der Waals surface area contributed by atoms with Crippen molar-refractivity contribution in [3.63, 3.8) is 0 Å². The van der Waals surface area contributed by atoms with Gasteiger partial charge in [0.25, 0.3) is 0 Å². The normalized spacial score (nSPS) is 19.1. The molecule has 0 aliphatic carbocycles. The van der Waals surface area contributed by atoms with Crippen molar-refractivity contribution >= 4 is 23.4 Å². The second-order valence-electron chi connectivity index (χ2n) is 7.32. The van der Waals surface area contributed by atoms with E-state index in [9.17, 15) is 4.79 Å². The molecule has 2 aromatic heterocycles. The number of benzene rings is 1. The Bertz CT molecular complexity index is 1000. The van der Waals surface area contributed by atoms with Gasteiger partial charge in [-0.2, -0.15) is 0 Å². The maximum Gasteiger partial charge on any atom is 0.210 e. The molecule has 28 heavy (non-hydrogen) atoms. The van der Waals surface area contributed by atoms with E-state index in [1.807, 2.05) is 12.1 Å². The number of imidazole rings is 1. The first kappa shape index (κ1) is 17.0. The first-order valence-corrected chi connectivity index (χ1v) is 9.67. The maximum atomic E-state index is 11.2. The summed E-state index contributed by atoms with van der Waals surface area (Å²) in [5.41, 5.74) is 3.95. The van der Waals surface area contributed by atoms with Gasteiger partial charge in [-0.15, -0.1) is 0 Å². The van der Waals surface area contributed by atoms with E-state index >= 15 is 0 Å². The topological polar surface area (TPSA) is 87.2 Å². The molecule has 0 saturated carbocycles. The first-order chi connectivity index (χ1) is 13.8. The van der Waals surface area contributed by atoms with Gasteiger partial charge >= 0.3 is 0 Å². The molecule has 144 valence electrons. The van der Waals surface area contributed by atoms with Gasteiger partial charge in [-0.1, -0.05) is 12.1 Å². The van der Waals surface area contributed by atoms with E-state index < -0.39 is 0 Å². The van der Waals surface area contributed by atoms with Crippen molar-refractivity contribution < 1.29 is 9.53 Å². The molecule has 1 N–H and O–H groups in total. The Kier molecular flexibility index (Phi) is 4.31. The van der Waals surface area contributed by atoms with Crippen molar-refractivity contribution in [3.05, 3.63) is 42.0 Å². The van der Waals surface area contributed by atoms with Gasteiger partial charge in [-0.3, -0.25) is 4.79 Å². The molecule has 3 aromatic rings. The van der Waals surface area contributed by atoms with Crippen molar-refractivity contribution in [1.29, 1.82) is 0 Å². The van der Waals surface area contributed by atoms with Gasteiger partial charge in [0.15, 0.2) is 11.5 Å². The molecule has 8 heteroatoms. The second-order valence-corrected chi connectivity index (χ2v) is 7.32. The fourth-order valence-corrected chi connectivity index (χ4v) is 4.24. The van der Waals surface area contributed by atoms with Gasteiger partial charge < -0.3 is 19.5 Å². The molecule has 2 aliphatic rings. The number of aromatic amines is 1. The zero-order valence-electron chi connectivity index (χ0n) is 15.5. The van der Waals surface area contributed by atoms with E-state index in [2.05, 4.69) is 30.9 Å². The van der Waals surface area contributed by atoms with E-state index in [0.717, 1.165) is 61.4 Å². The molecule has 4 heterocycles. The lowest BCUT2D eigenvalue weighted by Crippen LogP contribution is -2.35. The number of nitrogens with zero attached hydrogens (tertiary/aromatic N) is 5. The van der Waals surface area contributed by atoms with Crippen LogP contribution in [0.15, 0.2) is 30.9 Å². The monoisotopic (exact) mass is 378 g/mol. The Balaban J connectivity index is 1.36. The Labute approximate surface area is 162 Å². The molecule has 2 aliphatic heterocycles. The van der Waals surface area contributed by atoms with Crippen molar-refractivity contribution in [2.75, 3.05) is 24.6 Å². The fraction of sp³-hybridized carbons (Fsp3) is 0.400. The summed E-state index contributed by atoms with van der Waals surface area (Å²) in [5, 5.41) is 0. The molecule has 0 radical (unpaired) electrons. The van der Waals surface area contributed by atoms with E-state index in [4.69, 9.17) is 4.74 Å². The van der Waals surface area contributed by atoms with Gasteiger partial charge in [-0.05, 0) is 30.9 Å². The third-order valence-corrected chi connectivity index (χ3v) is 5.69. The van der Waals surface area contributed by atoms with Crippen LogP contribution in [-0.4, -0.2) is 57.0 Å². The SMILES string of the molecule is O=CN1CCc2cccc(OCC3CCCN3c3ncnc4nc[nH]c34)c2C1. The Morgan fingerprint density at radius 2 is 2.21 bits per heavy atom. The minimum Gasteiger partial charge on any atom is -0.491 e. The van der Waals surface area contributed by atoms with Crippen molar-refractivity contribution in [2.45, 2.75) is 31.8 Å². The Morgan fingerprint density at radius 1 is 1.25 bits per heavy atom. The molecule has 1 atom stereocenters. The Hall–Kier alpha value is -3.16. The first-order valence-electron chi connectivity index (χ1n) is 9.67. The number of ether oxygens (including phenoxy) is 1. The molecular weight excluding hydrogens is 356 g/mol. The third-order valence-electron chi connectivity index (χ3n) is 5.69. The lowest BCUT2D eigenvalue weighted by molar-refractivity contribution is -0.118. The lowest BCUT2D eigenvalue weighted by Gasteiger charge is -2.29. The molecule has 0 bridgehead atoms. The zero-order chi connectivity index (χ0) is 18.9. The third kappa shape index (κ3) is 2.94.